The standard InChI is InChI=1S/C20H22F4N6O2/c21-13-9-26-16(12-6-14(25-8-12)18(31)27-7-11-3-4-11)29-17(13)30-5-1-2-15(30)19(32)28-10-20(22,23)24/h6,8-9,11,15,25H,1-5,7,10H2,(H,27,31)(H,28,32)/t15-/m1/s1. The molecule has 2 aliphatic rings. The summed E-state index contributed by atoms with van der Waals surface area (Å²) in [5, 5.41) is 4.68. The number of halogens is 4. The number of amides is 2. The van der Waals surface area contributed by atoms with Gasteiger partial charge in [0, 0.05) is 24.8 Å². The van der Waals surface area contributed by atoms with Crippen molar-refractivity contribution >= 4 is 17.6 Å². The van der Waals surface area contributed by atoms with Gasteiger partial charge in [-0.2, -0.15) is 13.2 Å². The van der Waals surface area contributed by atoms with Crippen LogP contribution in [0.15, 0.2) is 18.5 Å². The summed E-state index contributed by atoms with van der Waals surface area (Å²) in [7, 11) is 0. The van der Waals surface area contributed by atoms with Gasteiger partial charge in [0.2, 0.25) is 5.91 Å². The molecule has 1 aliphatic carbocycles. The number of rotatable bonds is 7. The Morgan fingerprint density at radius 1 is 1.22 bits per heavy atom. The molecule has 4 rings (SSSR count). The molecule has 0 unspecified atom stereocenters. The highest BCUT2D eigenvalue weighted by molar-refractivity contribution is 5.93. The lowest BCUT2D eigenvalue weighted by molar-refractivity contribution is -0.139. The van der Waals surface area contributed by atoms with Gasteiger partial charge in [0.05, 0.1) is 6.20 Å². The minimum absolute atomic E-state index is 0.125. The summed E-state index contributed by atoms with van der Waals surface area (Å²) in [5.74, 6) is -1.41. The molecule has 172 valence electrons. The van der Waals surface area contributed by atoms with Crippen molar-refractivity contribution in [1.29, 1.82) is 0 Å². The average Bonchev–Trinajstić information content (AvgIpc) is 3.23. The fourth-order valence-corrected chi connectivity index (χ4v) is 3.61. The molecular formula is C20H22F4N6O2. The SMILES string of the molecule is O=C(NCC1CC1)c1cc(-c2ncc(F)c(N3CCC[C@@H]3C(=O)NCC(F)(F)F)n2)c[nH]1. The molecular weight excluding hydrogens is 432 g/mol. The van der Waals surface area contributed by atoms with Crippen molar-refractivity contribution in [3.8, 4) is 11.4 Å². The number of hydrogen-bond acceptors (Lipinski definition) is 5. The van der Waals surface area contributed by atoms with E-state index in [2.05, 4.69) is 20.3 Å². The number of nitrogens with one attached hydrogen (secondary N) is 3. The van der Waals surface area contributed by atoms with Gasteiger partial charge in [-0.15, -0.1) is 0 Å². The van der Waals surface area contributed by atoms with Gasteiger partial charge in [-0.3, -0.25) is 9.59 Å². The molecule has 1 saturated heterocycles. The minimum atomic E-state index is -4.54. The van der Waals surface area contributed by atoms with Crippen molar-refractivity contribution in [2.75, 3.05) is 24.5 Å². The topological polar surface area (TPSA) is 103 Å². The Morgan fingerprint density at radius 2 is 2.00 bits per heavy atom. The lowest BCUT2D eigenvalue weighted by Gasteiger charge is -2.25. The molecule has 0 aromatic carbocycles. The van der Waals surface area contributed by atoms with Crippen LogP contribution in [0.1, 0.15) is 36.2 Å². The van der Waals surface area contributed by atoms with Crippen molar-refractivity contribution in [1.82, 2.24) is 25.6 Å². The summed E-state index contributed by atoms with van der Waals surface area (Å²) in [4.78, 5) is 36.9. The second-order valence-electron chi connectivity index (χ2n) is 8.00. The molecule has 12 heteroatoms. The molecule has 2 aromatic rings. The van der Waals surface area contributed by atoms with E-state index in [4.69, 9.17) is 0 Å². The fraction of sp³-hybridized carbons (Fsp3) is 0.500. The first-order chi connectivity index (χ1) is 15.2. The van der Waals surface area contributed by atoms with E-state index in [1.54, 1.807) is 0 Å². The Hall–Kier alpha value is -3.18. The zero-order valence-corrected chi connectivity index (χ0v) is 17.0. The fourth-order valence-electron chi connectivity index (χ4n) is 3.61. The van der Waals surface area contributed by atoms with Crippen molar-refractivity contribution < 1.29 is 27.2 Å². The number of aromatic nitrogens is 3. The third kappa shape index (κ3) is 5.17. The van der Waals surface area contributed by atoms with Crippen molar-refractivity contribution in [3.05, 3.63) is 30.0 Å². The third-order valence-corrected chi connectivity index (χ3v) is 5.45. The van der Waals surface area contributed by atoms with E-state index in [0.29, 0.717) is 30.1 Å². The molecule has 8 nitrogen and oxygen atoms in total. The van der Waals surface area contributed by atoms with Crippen molar-refractivity contribution in [2.24, 2.45) is 5.92 Å². The number of carbonyl (C=O) groups is 2. The lowest BCUT2D eigenvalue weighted by Crippen LogP contribution is -2.46. The molecule has 0 radical (unpaired) electrons. The summed E-state index contributed by atoms with van der Waals surface area (Å²) < 4.78 is 51.8. The van der Waals surface area contributed by atoms with Crippen LogP contribution in [-0.4, -0.2) is 58.6 Å². The van der Waals surface area contributed by atoms with Crippen LogP contribution in [0.25, 0.3) is 11.4 Å². The number of alkyl halides is 3. The molecule has 0 spiro atoms. The monoisotopic (exact) mass is 454 g/mol. The van der Waals surface area contributed by atoms with Crippen LogP contribution >= 0.6 is 0 Å². The van der Waals surface area contributed by atoms with Gasteiger partial charge in [0.25, 0.3) is 5.91 Å². The first-order valence-corrected chi connectivity index (χ1v) is 10.3. The van der Waals surface area contributed by atoms with Gasteiger partial charge >= 0.3 is 6.18 Å². The van der Waals surface area contributed by atoms with Crippen LogP contribution in [0.5, 0.6) is 0 Å². The molecule has 1 atom stereocenters. The zero-order valence-electron chi connectivity index (χ0n) is 17.0. The predicted octanol–water partition coefficient (Wildman–Crippen LogP) is 2.40. The largest absolute Gasteiger partial charge is 0.405 e. The van der Waals surface area contributed by atoms with E-state index in [-0.39, 0.29) is 30.5 Å². The molecule has 3 heterocycles. The quantitative estimate of drug-likeness (QED) is 0.558. The predicted molar refractivity (Wildman–Crippen MR) is 106 cm³/mol. The Kier molecular flexibility index (Phi) is 6.02. The van der Waals surface area contributed by atoms with Gasteiger partial charge < -0.3 is 20.5 Å². The molecule has 2 fully saturated rings. The highest BCUT2D eigenvalue weighted by Crippen LogP contribution is 2.29. The molecule has 0 bridgehead atoms. The second kappa shape index (κ2) is 8.75. The summed E-state index contributed by atoms with van der Waals surface area (Å²) in [6, 6.07) is 0.570. The Bertz CT molecular complexity index is 1000. The number of anilines is 1. The maximum Gasteiger partial charge on any atom is 0.405 e. The zero-order chi connectivity index (χ0) is 22.9. The summed E-state index contributed by atoms with van der Waals surface area (Å²) >= 11 is 0. The second-order valence-corrected chi connectivity index (χ2v) is 8.00. The molecule has 3 N–H and O–H groups in total. The van der Waals surface area contributed by atoms with E-state index in [9.17, 15) is 27.2 Å². The maximum atomic E-state index is 14.5. The van der Waals surface area contributed by atoms with E-state index in [1.807, 2.05) is 5.32 Å². The average molecular weight is 454 g/mol. The lowest BCUT2D eigenvalue weighted by atomic mass is 10.2. The normalized spacial score (nSPS) is 18.6. The van der Waals surface area contributed by atoms with Gasteiger partial charge in [0.15, 0.2) is 17.5 Å². The number of aromatic amines is 1. The number of hydrogen-bond donors (Lipinski definition) is 3. The Morgan fingerprint density at radius 3 is 2.72 bits per heavy atom. The van der Waals surface area contributed by atoms with E-state index >= 15 is 0 Å². The number of H-pyrrole nitrogens is 1. The molecule has 32 heavy (non-hydrogen) atoms. The number of carbonyl (C=O) groups excluding carboxylic acids is 2. The van der Waals surface area contributed by atoms with E-state index < -0.39 is 30.5 Å². The highest BCUT2D eigenvalue weighted by Gasteiger charge is 2.36. The van der Waals surface area contributed by atoms with Crippen molar-refractivity contribution in [3.63, 3.8) is 0 Å². The van der Waals surface area contributed by atoms with Crippen LogP contribution < -0.4 is 15.5 Å². The van der Waals surface area contributed by atoms with Crippen molar-refractivity contribution in [2.45, 2.75) is 37.9 Å². The Labute approximate surface area is 180 Å². The maximum absolute atomic E-state index is 14.5. The Balaban J connectivity index is 1.50. The van der Waals surface area contributed by atoms with Crippen LogP contribution in [0.2, 0.25) is 0 Å². The molecule has 1 saturated carbocycles. The van der Waals surface area contributed by atoms with Crippen LogP contribution in [0.3, 0.4) is 0 Å². The highest BCUT2D eigenvalue weighted by atomic mass is 19.4. The van der Waals surface area contributed by atoms with E-state index in [0.717, 1.165) is 19.0 Å². The van der Waals surface area contributed by atoms with E-state index in [1.165, 1.54) is 17.2 Å². The van der Waals surface area contributed by atoms with Gasteiger partial charge in [-0.05, 0) is 37.7 Å². The smallest absolute Gasteiger partial charge is 0.356 e. The van der Waals surface area contributed by atoms with Gasteiger partial charge in [0.1, 0.15) is 18.3 Å². The first-order valence-electron chi connectivity index (χ1n) is 10.3. The van der Waals surface area contributed by atoms with Gasteiger partial charge in [-0.25, -0.2) is 14.4 Å². The van der Waals surface area contributed by atoms with Crippen LogP contribution in [-0.2, 0) is 4.79 Å². The molecule has 1 aliphatic heterocycles. The number of nitrogens with zero attached hydrogens (tertiary/aromatic N) is 3. The van der Waals surface area contributed by atoms with Crippen LogP contribution in [0, 0.1) is 11.7 Å². The molecule has 2 amide bonds. The summed E-state index contributed by atoms with van der Waals surface area (Å²) in [6.45, 7) is -0.584. The summed E-state index contributed by atoms with van der Waals surface area (Å²) in [5.41, 5.74) is 0.751. The minimum Gasteiger partial charge on any atom is -0.356 e. The summed E-state index contributed by atoms with van der Waals surface area (Å²) in [6.07, 6.45) is 0.906. The molecule has 2 aromatic heterocycles. The first kappa shape index (κ1) is 22.0. The van der Waals surface area contributed by atoms with Crippen LogP contribution in [0.4, 0.5) is 23.4 Å². The van der Waals surface area contributed by atoms with Gasteiger partial charge in [-0.1, -0.05) is 0 Å². The third-order valence-electron chi connectivity index (χ3n) is 5.45.